The summed E-state index contributed by atoms with van der Waals surface area (Å²) in [5.74, 6) is -0.243. The Balaban J connectivity index is 2.19. The third-order valence-electron chi connectivity index (χ3n) is 2.89. The number of hydrogen-bond donors (Lipinski definition) is 2. The summed E-state index contributed by atoms with van der Waals surface area (Å²) in [7, 11) is 0. The zero-order chi connectivity index (χ0) is 16.9. The second-order valence-electron chi connectivity index (χ2n) is 4.58. The fourth-order valence-corrected chi connectivity index (χ4v) is 1.76. The van der Waals surface area contributed by atoms with E-state index in [1.165, 1.54) is 18.3 Å². The predicted molar refractivity (Wildman–Crippen MR) is 76.7 cm³/mol. The molecule has 1 amide bonds. The summed E-state index contributed by atoms with van der Waals surface area (Å²) in [5, 5.41) is 2.55. The summed E-state index contributed by atoms with van der Waals surface area (Å²) in [6.45, 7) is -0.0533. The first-order valence-electron chi connectivity index (χ1n) is 6.66. The van der Waals surface area contributed by atoms with Gasteiger partial charge in [-0.15, -0.1) is 0 Å². The molecule has 5 nitrogen and oxygen atoms in total. The van der Waals surface area contributed by atoms with Gasteiger partial charge in [-0.05, 0) is 24.3 Å². The molecule has 0 aliphatic heterocycles. The number of nitrogens with zero attached hydrogens (tertiary/aromatic N) is 1. The van der Waals surface area contributed by atoms with E-state index in [4.69, 9.17) is 10.5 Å². The lowest BCUT2D eigenvalue weighted by Gasteiger charge is -2.12. The zero-order valence-corrected chi connectivity index (χ0v) is 11.9. The molecule has 0 aliphatic carbocycles. The maximum Gasteiger partial charge on any atom is 0.416 e. The summed E-state index contributed by atoms with van der Waals surface area (Å²) in [4.78, 5) is 15.2. The van der Waals surface area contributed by atoms with Crippen molar-refractivity contribution in [1.29, 1.82) is 0 Å². The first-order chi connectivity index (χ1) is 10.9. The van der Waals surface area contributed by atoms with Gasteiger partial charge >= 0.3 is 6.18 Å². The van der Waals surface area contributed by atoms with Gasteiger partial charge in [0.1, 0.15) is 5.75 Å². The molecule has 1 aromatic heterocycles. The first-order valence-corrected chi connectivity index (χ1v) is 6.66. The lowest BCUT2D eigenvalue weighted by atomic mass is 10.2. The van der Waals surface area contributed by atoms with Crippen LogP contribution in [0.5, 0.6) is 11.6 Å². The van der Waals surface area contributed by atoms with Crippen molar-refractivity contribution in [2.75, 3.05) is 6.54 Å². The Morgan fingerprint density at radius 1 is 1.26 bits per heavy atom. The Labute approximate surface area is 130 Å². The Morgan fingerprint density at radius 2 is 2.04 bits per heavy atom. The largest absolute Gasteiger partial charge is 0.439 e. The van der Waals surface area contributed by atoms with Crippen LogP contribution in [0.25, 0.3) is 0 Å². The standard InChI is InChI=1S/C15H14F3N3O2/c16-15(17,18)11-4-1-5-12(7-11)23-14-10(3-2-6-20-14)9-21-13(22)8-19/h1-7H,8-9,19H2,(H,21,22). The fourth-order valence-electron chi connectivity index (χ4n) is 1.76. The Bertz CT molecular complexity index is 690. The molecule has 2 aromatic rings. The van der Waals surface area contributed by atoms with Crippen LogP contribution in [0.1, 0.15) is 11.1 Å². The van der Waals surface area contributed by atoms with Crippen LogP contribution < -0.4 is 15.8 Å². The minimum Gasteiger partial charge on any atom is -0.439 e. The van der Waals surface area contributed by atoms with E-state index in [-0.39, 0.29) is 30.6 Å². The number of hydrogen-bond acceptors (Lipinski definition) is 4. The molecule has 0 radical (unpaired) electrons. The van der Waals surface area contributed by atoms with Crippen molar-refractivity contribution in [3.63, 3.8) is 0 Å². The van der Waals surface area contributed by atoms with E-state index in [2.05, 4.69) is 10.3 Å². The zero-order valence-electron chi connectivity index (χ0n) is 11.9. The summed E-state index contributed by atoms with van der Waals surface area (Å²) in [6.07, 6.45) is -3.02. The molecule has 0 aliphatic rings. The van der Waals surface area contributed by atoms with Crippen LogP contribution in [-0.2, 0) is 17.5 Å². The average molecular weight is 325 g/mol. The SMILES string of the molecule is NCC(=O)NCc1cccnc1Oc1cccc(C(F)(F)F)c1. The highest BCUT2D eigenvalue weighted by Crippen LogP contribution is 2.32. The van der Waals surface area contributed by atoms with Crippen LogP contribution in [0.3, 0.4) is 0 Å². The highest BCUT2D eigenvalue weighted by atomic mass is 19.4. The summed E-state index contributed by atoms with van der Waals surface area (Å²) < 4.78 is 43.5. The molecule has 0 bridgehead atoms. The minimum absolute atomic E-state index is 0.00456. The number of aromatic nitrogens is 1. The van der Waals surface area contributed by atoms with Crippen molar-refractivity contribution >= 4 is 5.91 Å². The number of benzene rings is 1. The van der Waals surface area contributed by atoms with E-state index < -0.39 is 11.7 Å². The summed E-state index contributed by atoms with van der Waals surface area (Å²) in [6, 6.07) is 7.75. The first kappa shape index (κ1) is 16.8. The van der Waals surface area contributed by atoms with E-state index >= 15 is 0 Å². The second-order valence-corrected chi connectivity index (χ2v) is 4.58. The number of carbonyl (C=O) groups excluding carboxylic acids is 1. The molecule has 3 N–H and O–H groups in total. The van der Waals surface area contributed by atoms with Gasteiger partial charge < -0.3 is 15.8 Å². The van der Waals surface area contributed by atoms with E-state index in [1.807, 2.05) is 0 Å². The van der Waals surface area contributed by atoms with Crippen LogP contribution in [0.2, 0.25) is 0 Å². The number of nitrogens with one attached hydrogen (secondary N) is 1. The molecular formula is C15H14F3N3O2. The van der Waals surface area contributed by atoms with Crippen molar-refractivity contribution in [2.24, 2.45) is 5.73 Å². The van der Waals surface area contributed by atoms with Gasteiger partial charge in [-0.2, -0.15) is 13.2 Å². The van der Waals surface area contributed by atoms with Crippen molar-refractivity contribution in [2.45, 2.75) is 12.7 Å². The Hall–Kier alpha value is -2.61. The molecule has 0 saturated heterocycles. The molecule has 0 unspecified atom stereocenters. The third-order valence-corrected chi connectivity index (χ3v) is 2.89. The number of ether oxygens (including phenoxy) is 1. The van der Waals surface area contributed by atoms with Gasteiger partial charge in [0.2, 0.25) is 11.8 Å². The molecule has 0 fully saturated rings. The average Bonchev–Trinajstić information content (AvgIpc) is 2.53. The smallest absolute Gasteiger partial charge is 0.416 e. The van der Waals surface area contributed by atoms with Gasteiger partial charge in [-0.25, -0.2) is 4.98 Å². The van der Waals surface area contributed by atoms with Crippen molar-refractivity contribution in [3.05, 3.63) is 53.7 Å². The number of amides is 1. The Morgan fingerprint density at radius 3 is 2.74 bits per heavy atom. The molecular weight excluding hydrogens is 311 g/mol. The molecule has 2 rings (SSSR count). The third kappa shape index (κ3) is 4.68. The molecule has 0 atom stereocenters. The number of carbonyl (C=O) groups is 1. The van der Waals surface area contributed by atoms with Gasteiger partial charge in [-0.1, -0.05) is 12.1 Å². The van der Waals surface area contributed by atoms with Crippen LogP contribution in [0, 0.1) is 0 Å². The highest BCUT2D eigenvalue weighted by Gasteiger charge is 2.30. The van der Waals surface area contributed by atoms with Crippen LogP contribution >= 0.6 is 0 Å². The van der Waals surface area contributed by atoms with Gasteiger partial charge in [0.15, 0.2) is 0 Å². The number of alkyl halides is 3. The lowest BCUT2D eigenvalue weighted by Crippen LogP contribution is -2.29. The van der Waals surface area contributed by atoms with E-state index in [1.54, 1.807) is 12.1 Å². The monoisotopic (exact) mass is 325 g/mol. The maximum atomic E-state index is 12.7. The quantitative estimate of drug-likeness (QED) is 0.885. The van der Waals surface area contributed by atoms with Crippen molar-refractivity contribution in [1.82, 2.24) is 10.3 Å². The molecule has 1 aromatic carbocycles. The topological polar surface area (TPSA) is 77.2 Å². The number of halogens is 3. The van der Waals surface area contributed by atoms with Gasteiger partial charge in [0, 0.05) is 18.3 Å². The van der Waals surface area contributed by atoms with Crippen LogP contribution in [0.15, 0.2) is 42.6 Å². The lowest BCUT2D eigenvalue weighted by molar-refractivity contribution is -0.137. The van der Waals surface area contributed by atoms with E-state index in [0.29, 0.717) is 5.56 Å². The van der Waals surface area contributed by atoms with E-state index in [9.17, 15) is 18.0 Å². The molecule has 0 saturated carbocycles. The molecule has 0 spiro atoms. The highest BCUT2D eigenvalue weighted by molar-refractivity contribution is 5.77. The summed E-state index contributed by atoms with van der Waals surface area (Å²) >= 11 is 0. The number of pyridine rings is 1. The van der Waals surface area contributed by atoms with Crippen LogP contribution in [0.4, 0.5) is 13.2 Å². The van der Waals surface area contributed by atoms with Crippen molar-refractivity contribution < 1.29 is 22.7 Å². The van der Waals surface area contributed by atoms with Gasteiger partial charge in [-0.3, -0.25) is 4.79 Å². The fraction of sp³-hybridized carbons (Fsp3) is 0.200. The second kappa shape index (κ2) is 7.10. The van der Waals surface area contributed by atoms with Gasteiger partial charge in [0.05, 0.1) is 12.1 Å². The maximum absolute atomic E-state index is 12.7. The van der Waals surface area contributed by atoms with Crippen molar-refractivity contribution in [3.8, 4) is 11.6 Å². The molecule has 1 heterocycles. The molecule has 8 heteroatoms. The Kier molecular flexibility index (Phi) is 5.17. The molecule has 122 valence electrons. The number of rotatable bonds is 5. The number of nitrogens with two attached hydrogens (primary N) is 1. The minimum atomic E-state index is -4.46. The van der Waals surface area contributed by atoms with E-state index in [0.717, 1.165) is 12.1 Å². The molecule has 23 heavy (non-hydrogen) atoms. The summed E-state index contributed by atoms with van der Waals surface area (Å²) in [5.41, 5.74) is 4.89. The van der Waals surface area contributed by atoms with Gasteiger partial charge in [0.25, 0.3) is 0 Å². The predicted octanol–water partition coefficient (Wildman–Crippen LogP) is 2.47. The normalized spacial score (nSPS) is 11.1. The van der Waals surface area contributed by atoms with Crippen LogP contribution in [-0.4, -0.2) is 17.4 Å².